The van der Waals surface area contributed by atoms with Gasteiger partial charge in [-0.25, -0.2) is 0 Å². The molecule has 0 amide bonds. The van der Waals surface area contributed by atoms with Crippen LogP contribution >= 0.6 is 19.8 Å². The number of hydrogen-bond donors (Lipinski definition) is 0. The molecular formula is C29H44ClOP. The SMILES string of the molecule is CCCCCCCCCc1[pH]c(C(=O)Cl)c(-c2ccccc2)c1CCCCCCCCC. The summed E-state index contributed by atoms with van der Waals surface area (Å²) in [5.41, 5.74) is 3.77. The summed E-state index contributed by atoms with van der Waals surface area (Å²) >= 11 is 6.11. The van der Waals surface area contributed by atoms with Crippen molar-refractivity contribution in [3.63, 3.8) is 0 Å². The number of carbonyl (C=O) groups excluding carboxylic acids is 1. The van der Waals surface area contributed by atoms with E-state index in [1.54, 1.807) is 0 Å². The zero-order valence-corrected chi connectivity index (χ0v) is 22.2. The molecule has 3 heteroatoms. The second-order valence-corrected chi connectivity index (χ2v) is 10.9. The Morgan fingerprint density at radius 1 is 0.719 bits per heavy atom. The van der Waals surface area contributed by atoms with Crippen LogP contribution in [-0.4, -0.2) is 5.24 Å². The number of carbonyl (C=O) groups is 1. The molecule has 1 unspecified atom stereocenters. The second-order valence-electron chi connectivity index (χ2n) is 9.21. The highest BCUT2D eigenvalue weighted by Crippen LogP contribution is 2.42. The van der Waals surface area contributed by atoms with E-state index < -0.39 is 0 Å². The molecule has 0 fully saturated rings. The highest BCUT2D eigenvalue weighted by molar-refractivity contribution is 7.35. The summed E-state index contributed by atoms with van der Waals surface area (Å²) in [6, 6.07) is 10.5. The zero-order chi connectivity index (χ0) is 23.0. The van der Waals surface area contributed by atoms with Gasteiger partial charge >= 0.3 is 0 Å². The lowest BCUT2D eigenvalue weighted by Crippen LogP contribution is -1.95. The monoisotopic (exact) mass is 474 g/mol. The number of hydrogen-bond acceptors (Lipinski definition) is 1. The van der Waals surface area contributed by atoms with Crippen LogP contribution in [0.4, 0.5) is 0 Å². The molecule has 1 aromatic heterocycles. The van der Waals surface area contributed by atoms with E-state index in [2.05, 4.69) is 38.1 Å². The van der Waals surface area contributed by atoms with E-state index in [0.717, 1.165) is 29.3 Å². The summed E-state index contributed by atoms with van der Waals surface area (Å²) < 4.78 is 0. The molecule has 178 valence electrons. The van der Waals surface area contributed by atoms with Crippen LogP contribution in [0.15, 0.2) is 30.3 Å². The third-order valence-corrected chi connectivity index (χ3v) is 8.44. The minimum atomic E-state index is -0.256. The molecule has 0 aliphatic heterocycles. The van der Waals surface area contributed by atoms with Crippen molar-refractivity contribution in [2.24, 2.45) is 0 Å². The minimum Gasteiger partial charge on any atom is -0.275 e. The number of benzene rings is 1. The van der Waals surface area contributed by atoms with Crippen molar-refractivity contribution >= 4 is 25.0 Å². The molecule has 0 saturated carbocycles. The van der Waals surface area contributed by atoms with Crippen LogP contribution in [0.25, 0.3) is 11.1 Å². The molecule has 32 heavy (non-hydrogen) atoms. The lowest BCUT2D eigenvalue weighted by molar-refractivity contribution is 0.108. The van der Waals surface area contributed by atoms with Gasteiger partial charge in [-0.2, -0.15) is 0 Å². The zero-order valence-electron chi connectivity index (χ0n) is 20.5. The summed E-state index contributed by atoms with van der Waals surface area (Å²) in [6.45, 7) is 4.54. The molecule has 1 nitrogen and oxygen atoms in total. The van der Waals surface area contributed by atoms with Gasteiger partial charge < -0.3 is 0 Å². The molecular weight excluding hydrogens is 431 g/mol. The largest absolute Gasteiger partial charge is 0.275 e. The molecule has 1 aromatic carbocycles. The van der Waals surface area contributed by atoms with Crippen molar-refractivity contribution in [1.29, 1.82) is 0 Å². The number of aryl methyl sites for hydroxylation is 1. The number of unbranched alkanes of at least 4 members (excludes halogenated alkanes) is 12. The van der Waals surface area contributed by atoms with Gasteiger partial charge in [0.15, 0.2) is 0 Å². The van der Waals surface area contributed by atoms with Crippen LogP contribution in [0.1, 0.15) is 125 Å². The first-order valence-electron chi connectivity index (χ1n) is 13.2. The molecule has 0 radical (unpaired) electrons. The predicted molar refractivity (Wildman–Crippen MR) is 145 cm³/mol. The molecule has 0 aliphatic rings. The Kier molecular flexibility index (Phi) is 14.1. The van der Waals surface area contributed by atoms with E-state index in [1.807, 2.05) is 6.07 Å². The average molecular weight is 475 g/mol. The molecule has 0 aliphatic carbocycles. The van der Waals surface area contributed by atoms with Crippen molar-refractivity contribution in [3.8, 4) is 11.1 Å². The fourth-order valence-corrected chi connectivity index (χ4v) is 6.43. The third-order valence-electron chi connectivity index (χ3n) is 6.51. The summed E-state index contributed by atoms with van der Waals surface area (Å²) in [5, 5.41) is 2.11. The molecule has 2 rings (SSSR count). The van der Waals surface area contributed by atoms with Gasteiger partial charge in [-0.1, -0.05) is 121 Å². The Morgan fingerprint density at radius 3 is 1.75 bits per heavy atom. The topological polar surface area (TPSA) is 17.1 Å². The molecule has 0 saturated heterocycles. The summed E-state index contributed by atoms with van der Waals surface area (Å²) in [6.07, 6.45) is 20.7. The Labute approximate surface area is 203 Å². The quantitative estimate of drug-likeness (QED) is 0.155. The van der Waals surface area contributed by atoms with Crippen LogP contribution in [0.2, 0.25) is 0 Å². The van der Waals surface area contributed by atoms with Gasteiger partial charge in [0.1, 0.15) is 0 Å². The minimum absolute atomic E-state index is 0.256. The van der Waals surface area contributed by atoms with Crippen LogP contribution < -0.4 is 0 Å². The maximum absolute atomic E-state index is 12.4. The van der Waals surface area contributed by atoms with Gasteiger partial charge in [-0.15, -0.1) is 8.19 Å². The first kappa shape index (κ1) is 27.2. The van der Waals surface area contributed by atoms with Gasteiger partial charge in [0.2, 0.25) is 0 Å². The van der Waals surface area contributed by atoms with Crippen molar-refractivity contribution in [2.75, 3.05) is 0 Å². The lowest BCUT2D eigenvalue weighted by atomic mass is 9.94. The fraction of sp³-hybridized carbons (Fsp3) is 0.621. The first-order valence-corrected chi connectivity index (χ1v) is 14.6. The van der Waals surface area contributed by atoms with Crippen LogP contribution in [0.3, 0.4) is 0 Å². The van der Waals surface area contributed by atoms with Crippen molar-refractivity contribution in [1.82, 2.24) is 0 Å². The summed E-state index contributed by atoms with van der Waals surface area (Å²) in [4.78, 5) is 12.4. The Hall–Kier alpha value is -1.04. The normalized spacial score (nSPS) is 11.5. The van der Waals surface area contributed by atoms with Crippen LogP contribution in [-0.2, 0) is 12.8 Å². The van der Waals surface area contributed by atoms with Gasteiger partial charge in [0, 0.05) is 5.56 Å². The van der Waals surface area contributed by atoms with E-state index in [4.69, 9.17) is 11.6 Å². The molecule has 0 spiro atoms. The molecule has 0 bridgehead atoms. The van der Waals surface area contributed by atoms with E-state index in [0.29, 0.717) is 8.19 Å². The molecule has 0 N–H and O–H groups in total. The maximum atomic E-state index is 12.4. The summed E-state index contributed by atoms with van der Waals surface area (Å²) in [5.74, 6) is 0. The van der Waals surface area contributed by atoms with E-state index in [9.17, 15) is 4.79 Å². The molecule has 1 heterocycles. The Morgan fingerprint density at radius 2 is 1.22 bits per heavy atom. The lowest BCUT2D eigenvalue weighted by Gasteiger charge is -2.10. The smallest absolute Gasteiger partial charge is 0.256 e. The van der Waals surface area contributed by atoms with Crippen molar-refractivity contribution in [2.45, 2.75) is 117 Å². The van der Waals surface area contributed by atoms with Gasteiger partial charge in [-0.3, -0.25) is 4.79 Å². The fourth-order valence-electron chi connectivity index (χ4n) is 4.67. The van der Waals surface area contributed by atoms with Gasteiger partial charge in [-0.05, 0) is 53.7 Å². The maximum Gasteiger partial charge on any atom is 0.256 e. The predicted octanol–water partition coefficient (Wildman–Crippen LogP) is 10.4. The van der Waals surface area contributed by atoms with Crippen LogP contribution in [0.5, 0.6) is 0 Å². The van der Waals surface area contributed by atoms with Crippen molar-refractivity contribution < 1.29 is 4.79 Å². The Bertz CT molecular complexity index is 765. The number of halogens is 1. The van der Waals surface area contributed by atoms with Gasteiger partial charge in [0.25, 0.3) is 5.24 Å². The standard InChI is InChI=1S/C29H44ClOP/c1-3-5-7-9-11-13-18-22-25-26(23-19-14-12-10-8-6-4-2)32-28(29(30)31)27(25)24-20-16-15-17-21-24/h15-17,20-21,32H,3-14,18-19,22-23H2,1-2H3. The summed E-state index contributed by atoms with van der Waals surface area (Å²) in [7, 11) is 0.459. The van der Waals surface area contributed by atoms with Gasteiger partial charge in [0.05, 0.1) is 5.30 Å². The highest BCUT2D eigenvalue weighted by atomic mass is 35.5. The van der Waals surface area contributed by atoms with Crippen molar-refractivity contribution in [3.05, 3.63) is 46.5 Å². The van der Waals surface area contributed by atoms with E-state index >= 15 is 0 Å². The molecule has 1 atom stereocenters. The molecule has 2 aromatic rings. The average Bonchev–Trinajstić information content (AvgIpc) is 3.17. The van der Waals surface area contributed by atoms with E-state index in [1.165, 1.54) is 101 Å². The Balaban J connectivity index is 2.08. The highest BCUT2D eigenvalue weighted by Gasteiger charge is 2.21. The van der Waals surface area contributed by atoms with Crippen LogP contribution in [0, 0.1) is 0 Å². The number of rotatable bonds is 18. The van der Waals surface area contributed by atoms with E-state index in [-0.39, 0.29) is 5.24 Å². The third kappa shape index (κ3) is 9.44. The first-order chi connectivity index (χ1) is 15.7. The second kappa shape index (κ2) is 16.6.